The lowest BCUT2D eigenvalue weighted by Gasteiger charge is -2.19. The molecule has 0 saturated carbocycles. The van der Waals surface area contributed by atoms with Gasteiger partial charge < -0.3 is 33.4 Å². The fourth-order valence-corrected chi connectivity index (χ4v) is 4.18. The Bertz CT molecular complexity index is 1220. The lowest BCUT2D eigenvalue weighted by atomic mass is 9.94. The van der Waals surface area contributed by atoms with Gasteiger partial charge >= 0.3 is 5.95 Å². The Morgan fingerprint density at radius 3 is 2.29 bits per heavy atom. The molecule has 1 N–H and O–H groups in total. The number of carbonyl (C=O) groups excluding carboxylic acids is 1. The molecule has 9 heteroatoms. The van der Waals surface area contributed by atoms with Crippen molar-refractivity contribution in [2.24, 2.45) is 0 Å². The fraction of sp³-hybridized carbons (Fsp3) is 0.320. The first-order chi connectivity index (χ1) is 16.2. The predicted molar refractivity (Wildman–Crippen MR) is 130 cm³/mol. The van der Waals surface area contributed by atoms with Crippen LogP contribution in [-0.4, -0.2) is 27.2 Å². The molecule has 3 aromatic rings. The van der Waals surface area contributed by atoms with E-state index in [2.05, 4.69) is 21.2 Å². The third-order valence-corrected chi connectivity index (χ3v) is 6.23. The molecular weight excluding hydrogens is 506 g/mol. The number of benzene rings is 2. The van der Waals surface area contributed by atoms with E-state index in [1.807, 2.05) is 32.9 Å². The molecule has 0 radical (unpaired) electrons. The van der Waals surface area contributed by atoms with Crippen LogP contribution < -0.4 is 24.3 Å². The molecule has 0 unspecified atom stereocenters. The van der Waals surface area contributed by atoms with Crippen LogP contribution in [0.5, 0.6) is 28.9 Å². The van der Waals surface area contributed by atoms with Crippen LogP contribution in [0.1, 0.15) is 41.1 Å². The summed E-state index contributed by atoms with van der Waals surface area (Å²) in [5, 5.41) is 2.78. The minimum absolute atomic E-state index is 0.0456. The summed E-state index contributed by atoms with van der Waals surface area (Å²) >= 11 is 3.42. The van der Waals surface area contributed by atoms with E-state index in [1.54, 1.807) is 18.2 Å². The summed E-state index contributed by atoms with van der Waals surface area (Å²) < 4.78 is 34.2. The summed E-state index contributed by atoms with van der Waals surface area (Å²) in [6, 6.07) is 8.84. The number of halogens is 1. The van der Waals surface area contributed by atoms with Crippen LogP contribution in [0.2, 0.25) is 0 Å². The van der Waals surface area contributed by atoms with Gasteiger partial charge in [-0.05, 0) is 65.5 Å². The molecule has 4 rings (SSSR count). The standard InChI is InChI=1S/C25H26BrNO7/c1-13-7-14-12-32-25(2,3)16(14)10-18(13)33-24-17(26)11-21(34-24)23(28)27-22-19(30-5)8-15(29-4)9-20(22)31-6/h7-11H,12H2,1-6H3,(H,27,28). The number of aryl methyl sites for hydroxylation is 1. The zero-order valence-corrected chi connectivity index (χ0v) is 21.4. The van der Waals surface area contributed by atoms with Crippen molar-refractivity contribution >= 4 is 27.5 Å². The van der Waals surface area contributed by atoms with Gasteiger partial charge in [-0.2, -0.15) is 0 Å². The van der Waals surface area contributed by atoms with Gasteiger partial charge in [-0.3, -0.25) is 4.79 Å². The second kappa shape index (κ2) is 9.23. The number of hydrogen-bond donors (Lipinski definition) is 1. The van der Waals surface area contributed by atoms with E-state index in [1.165, 1.54) is 21.3 Å². The number of carbonyl (C=O) groups is 1. The van der Waals surface area contributed by atoms with Crippen LogP contribution >= 0.6 is 15.9 Å². The first kappa shape index (κ1) is 24.0. The lowest BCUT2D eigenvalue weighted by Crippen LogP contribution is -2.14. The minimum atomic E-state index is -0.502. The van der Waals surface area contributed by atoms with E-state index in [0.29, 0.717) is 39.8 Å². The van der Waals surface area contributed by atoms with Crippen molar-refractivity contribution in [2.75, 3.05) is 26.6 Å². The van der Waals surface area contributed by atoms with Gasteiger partial charge in [0.2, 0.25) is 0 Å². The predicted octanol–water partition coefficient (Wildman–Crippen LogP) is 6.19. The summed E-state index contributed by atoms with van der Waals surface area (Å²) in [6.07, 6.45) is 0. The molecule has 0 atom stereocenters. The van der Waals surface area contributed by atoms with Gasteiger partial charge in [0, 0.05) is 18.2 Å². The van der Waals surface area contributed by atoms with E-state index in [-0.39, 0.29) is 11.7 Å². The molecule has 1 aliphatic rings. The van der Waals surface area contributed by atoms with E-state index < -0.39 is 11.5 Å². The molecule has 0 fully saturated rings. The number of hydrogen-bond acceptors (Lipinski definition) is 7. The summed E-state index contributed by atoms with van der Waals surface area (Å²) in [5.41, 5.74) is 3.08. The van der Waals surface area contributed by atoms with Gasteiger partial charge in [-0.1, -0.05) is 0 Å². The van der Waals surface area contributed by atoms with Crippen molar-refractivity contribution in [3.63, 3.8) is 0 Å². The van der Waals surface area contributed by atoms with E-state index >= 15 is 0 Å². The van der Waals surface area contributed by atoms with Crippen LogP contribution in [0.4, 0.5) is 5.69 Å². The van der Waals surface area contributed by atoms with Crippen LogP contribution in [0.15, 0.2) is 39.2 Å². The Labute approximate surface area is 206 Å². The van der Waals surface area contributed by atoms with Crippen molar-refractivity contribution in [1.29, 1.82) is 0 Å². The fourth-order valence-electron chi connectivity index (χ4n) is 3.81. The van der Waals surface area contributed by atoms with Crippen LogP contribution in [-0.2, 0) is 16.9 Å². The highest BCUT2D eigenvalue weighted by molar-refractivity contribution is 9.10. The zero-order valence-electron chi connectivity index (χ0n) is 19.8. The van der Waals surface area contributed by atoms with Gasteiger partial charge in [0.1, 0.15) is 33.2 Å². The molecule has 1 aromatic heterocycles. The number of fused-ring (bicyclic) bond motifs is 1. The summed E-state index contributed by atoms with van der Waals surface area (Å²) in [4.78, 5) is 13.0. The molecule has 0 saturated heterocycles. The van der Waals surface area contributed by atoms with Gasteiger partial charge in [-0.25, -0.2) is 0 Å². The van der Waals surface area contributed by atoms with Gasteiger partial charge in [-0.15, -0.1) is 0 Å². The Morgan fingerprint density at radius 1 is 1.00 bits per heavy atom. The zero-order chi connectivity index (χ0) is 24.6. The number of anilines is 1. The summed E-state index contributed by atoms with van der Waals surface area (Å²) in [5.74, 6) is 1.62. The Kier molecular flexibility index (Phi) is 6.51. The Hall–Kier alpha value is -3.17. The molecule has 1 aliphatic heterocycles. The van der Waals surface area contributed by atoms with Crippen LogP contribution in [0.25, 0.3) is 0 Å². The minimum Gasteiger partial charge on any atom is -0.496 e. The second-order valence-corrected chi connectivity index (χ2v) is 9.14. The van der Waals surface area contributed by atoms with E-state index in [4.69, 9.17) is 28.1 Å². The number of amides is 1. The molecular formula is C25H26BrNO7. The molecule has 0 spiro atoms. The molecule has 0 aliphatic carbocycles. The van der Waals surface area contributed by atoms with Crippen molar-refractivity contribution in [2.45, 2.75) is 33.0 Å². The van der Waals surface area contributed by atoms with Crippen LogP contribution in [0, 0.1) is 6.92 Å². The van der Waals surface area contributed by atoms with Crippen LogP contribution in [0.3, 0.4) is 0 Å². The maximum Gasteiger partial charge on any atom is 0.305 e. The largest absolute Gasteiger partial charge is 0.496 e. The molecule has 180 valence electrons. The molecule has 0 bridgehead atoms. The lowest BCUT2D eigenvalue weighted by molar-refractivity contribution is -0.00795. The first-order valence-corrected chi connectivity index (χ1v) is 11.3. The third kappa shape index (κ3) is 4.45. The molecule has 8 nitrogen and oxygen atoms in total. The number of furan rings is 1. The van der Waals surface area contributed by atoms with E-state index in [0.717, 1.165) is 16.7 Å². The normalized spacial score (nSPS) is 13.9. The Balaban J connectivity index is 1.60. The molecule has 2 aromatic carbocycles. The second-order valence-electron chi connectivity index (χ2n) is 8.28. The third-order valence-electron chi connectivity index (χ3n) is 5.67. The quantitative estimate of drug-likeness (QED) is 0.389. The summed E-state index contributed by atoms with van der Waals surface area (Å²) in [6.45, 7) is 6.56. The summed E-state index contributed by atoms with van der Waals surface area (Å²) in [7, 11) is 4.51. The highest BCUT2D eigenvalue weighted by Crippen LogP contribution is 2.42. The number of rotatable bonds is 7. The Morgan fingerprint density at radius 2 is 1.68 bits per heavy atom. The maximum absolute atomic E-state index is 13.0. The maximum atomic E-state index is 13.0. The van der Waals surface area contributed by atoms with Crippen molar-refractivity contribution < 1.29 is 32.9 Å². The SMILES string of the molecule is COc1cc(OC)c(NC(=O)c2cc(Br)c(Oc3cc4c(cc3C)COC4(C)C)o2)c(OC)c1. The van der Waals surface area contributed by atoms with Crippen molar-refractivity contribution in [1.82, 2.24) is 0 Å². The highest BCUT2D eigenvalue weighted by Gasteiger charge is 2.32. The first-order valence-electron chi connectivity index (χ1n) is 10.5. The average molecular weight is 532 g/mol. The monoisotopic (exact) mass is 531 g/mol. The smallest absolute Gasteiger partial charge is 0.305 e. The van der Waals surface area contributed by atoms with Gasteiger partial charge in [0.25, 0.3) is 5.91 Å². The average Bonchev–Trinajstić information content (AvgIpc) is 3.32. The molecule has 2 heterocycles. The number of ether oxygens (including phenoxy) is 5. The molecule has 34 heavy (non-hydrogen) atoms. The number of methoxy groups -OCH3 is 3. The van der Waals surface area contributed by atoms with Crippen molar-refractivity contribution in [3.05, 3.63) is 57.3 Å². The highest BCUT2D eigenvalue weighted by atomic mass is 79.9. The molecule has 1 amide bonds. The van der Waals surface area contributed by atoms with Crippen molar-refractivity contribution in [3.8, 4) is 28.9 Å². The number of nitrogens with one attached hydrogen (secondary N) is 1. The van der Waals surface area contributed by atoms with E-state index in [9.17, 15) is 4.79 Å². The topological polar surface area (TPSA) is 88.4 Å². The van der Waals surface area contributed by atoms with Gasteiger partial charge in [0.05, 0.1) is 33.5 Å². The van der Waals surface area contributed by atoms with Gasteiger partial charge in [0.15, 0.2) is 5.76 Å².